The number of hydrogen-bond acceptors (Lipinski definition) is 7. The van der Waals surface area contributed by atoms with Crippen molar-refractivity contribution in [3.05, 3.63) is 56.6 Å². The summed E-state index contributed by atoms with van der Waals surface area (Å²) < 4.78 is 1.49. The fraction of sp³-hybridized carbons (Fsp3) is 0.364. The summed E-state index contributed by atoms with van der Waals surface area (Å²) in [5.74, 6) is -0.721. The maximum Gasteiger partial charge on any atom is 0.356 e. The van der Waals surface area contributed by atoms with E-state index in [0.29, 0.717) is 35.6 Å². The number of carboxylic acids is 1. The van der Waals surface area contributed by atoms with Crippen molar-refractivity contribution in [3.8, 4) is 0 Å². The second-order valence-electron chi connectivity index (χ2n) is 8.58. The first-order valence-corrected chi connectivity index (χ1v) is 10.5. The van der Waals surface area contributed by atoms with Crippen LogP contribution in [0.2, 0.25) is 5.15 Å². The Morgan fingerprint density at radius 1 is 1.28 bits per heavy atom. The van der Waals surface area contributed by atoms with Crippen LogP contribution in [0.15, 0.2) is 29.1 Å². The van der Waals surface area contributed by atoms with E-state index in [-0.39, 0.29) is 22.4 Å². The third-order valence-electron chi connectivity index (χ3n) is 5.58. The molecule has 9 nitrogen and oxygen atoms in total. The first-order valence-electron chi connectivity index (χ1n) is 10.1. The highest BCUT2D eigenvalue weighted by atomic mass is 35.5. The molecule has 3 heterocycles. The van der Waals surface area contributed by atoms with E-state index in [0.717, 1.165) is 11.1 Å². The Hall–Kier alpha value is -3.17. The summed E-state index contributed by atoms with van der Waals surface area (Å²) in [5, 5.41) is 23.3. The molecule has 1 atom stereocenters. The number of carboxylic acid groups (broad SMARTS) is 1. The quantitative estimate of drug-likeness (QED) is 0.500. The fourth-order valence-electron chi connectivity index (χ4n) is 4.10. The molecule has 32 heavy (non-hydrogen) atoms. The molecule has 0 unspecified atom stereocenters. The average Bonchev–Trinajstić information content (AvgIpc) is 2.69. The van der Waals surface area contributed by atoms with Gasteiger partial charge in [-0.3, -0.25) is 9.36 Å². The summed E-state index contributed by atoms with van der Waals surface area (Å²) in [6.07, 6.45) is 0. The van der Waals surface area contributed by atoms with Gasteiger partial charge in [-0.05, 0) is 44.5 Å². The number of nitrogens with zero attached hydrogens (tertiary/aromatic N) is 4. The topological polar surface area (TPSA) is 121 Å². The van der Waals surface area contributed by atoms with E-state index in [1.165, 1.54) is 10.6 Å². The lowest BCUT2D eigenvalue weighted by molar-refractivity contribution is 0.0295. The van der Waals surface area contributed by atoms with Crippen molar-refractivity contribution in [1.82, 2.24) is 14.5 Å². The molecule has 4 rings (SSSR count). The van der Waals surface area contributed by atoms with Gasteiger partial charge in [0.2, 0.25) is 5.95 Å². The molecule has 3 N–H and O–H groups in total. The van der Waals surface area contributed by atoms with Crippen LogP contribution < -0.4 is 15.8 Å². The van der Waals surface area contributed by atoms with E-state index in [1.807, 2.05) is 24.8 Å². The van der Waals surface area contributed by atoms with E-state index in [2.05, 4.69) is 10.3 Å². The number of fused-ring (bicyclic) bond motifs is 1. The number of aliphatic hydroxyl groups is 1. The average molecular weight is 458 g/mol. The van der Waals surface area contributed by atoms with E-state index in [1.54, 1.807) is 26.1 Å². The van der Waals surface area contributed by atoms with Gasteiger partial charge < -0.3 is 20.4 Å². The van der Waals surface area contributed by atoms with Crippen molar-refractivity contribution in [2.75, 3.05) is 23.3 Å². The molecule has 1 aromatic carbocycles. The monoisotopic (exact) mass is 457 g/mol. The molecule has 2 aromatic heterocycles. The number of benzene rings is 1. The van der Waals surface area contributed by atoms with Crippen LogP contribution >= 0.6 is 11.6 Å². The van der Waals surface area contributed by atoms with Crippen LogP contribution in [0.4, 0.5) is 11.6 Å². The van der Waals surface area contributed by atoms with E-state index < -0.39 is 11.6 Å². The van der Waals surface area contributed by atoms with Gasteiger partial charge >= 0.3 is 5.97 Å². The molecule has 0 amide bonds. The predicted molar refractivity (Wildman–Crippen MR) is 123 cm³/mol. The second-order valence-corrected chi connectivity index (χ2v) is 8.97. The van der Waals surface area contributed by atoms with Crippen molar-refractivity contribution in [2.45, 2.75) is 32.4 Å². The first kappa shape index (κ1) is 22.0. The summed E-state index contributed by atoms with van der Waals surface area (Å²) in [7, 11) is 1.67. The Kier molecular flexibility index (Phi) is 5.34. The fourth-order valence-corrected chi connectivity index (χ4v) is 4.24. The lowest BCUT2D eigenvalue weighted by Gasteiger charge is -2.45. The number of hydrogen-bond donors (Lipinski definition) is 3. The van der Waals surface area contributed by atoms with Gasteiger partial charge in [0.25, 0.3) is 5.56 Å². The molecule has 10 heteroatoms. The minimum Gasteiger partial charge on any atom is -0.476 e. The van der Waals surface area contributed by atoms with Crippen LogP contribution in [0.3, 0.4) is 0 Å². The molecule has 1 saturated heterocycles. The van der Waals surface area contributed by atoms with Crippen LogP contribution in [-0.2, 0) is 7.05 Å². The van der Waals surface area contributed by atoms with Crippen LogP contribution in [-0.4, -0.2) is 49.4 Å². The zero-order valence-electron chi connectivity index (χ0n) is 18.2. The van der Waals surface area contributed by atoms with Gasteiger partial charge in [-0.15, -0.1) is 0 Å². The van der Waals surface area contributed by atoms with Crippen molar-refractivity contribution in [2.24, 2.45) is 7.05 Å². The molecule has 0 spiro atoms. The third-order valence-corrected chi connectivity index (χ3v) is 5.79. The number of rotatable bonds is 5. The van der Waals surface area contributed by atoms with Crippen molar-refractivity contribution < 1.29 is 15.0 Å². The molecule has 3 aromatic rings. The molecule has 0 bridgehead atoms. The largest absolute Gasteiger partial charge is 0.476 e. The Labute approximate surface area is 189 Å². The van der Waals surface area contributed by atoms with Gasteiger partial charge in [0.05, 0.1) is 41.3 Å². The molecular formula is C22H24ClN5O4. The zero-order valence-corrected chi connectivity index (χ0v) is 18.9. The van der Waals surface area contributed by atoms with Gasteiger partial charge in [-0.1, -0.05) is 17.7 Å². The molecule has 1 fully saturated rings. The number of nitrogens with one attached hydrogen (secondary N) is 1. The van der Waals surface area contributed by atoms with Crippen LogP contribution in [0.1, 0.15) is 41.5 Å². The summed E-state index contributed by atoms with van der Waals surface area (Å²) >= 11 is 5.86. The van der Waals surface area contributed by atoms with Gasteiger partial charge in [0.15, 0.2) is 5.69 Å². The molecule has 1 aliphatic heterocycles. The molecule has 0 aliphatic carbocycles. The van der Waals surface area contributed by atoms with Crippen LogP contribution in [0.5, 0.6) is 0 Å². The third kappa shape index (κ3) is 3.89. The highest BCUT2D eigenvalue weighted by Crippen LogP contribution is 2.31. The second kappa shape index (κ2) is 7.75. The van der Waals surface area contributed by atoms with Gasteiger partial charge in [0, 0.05) is 12.6 Å². The van der Waals surface area contributed by atoms with Gasteiger partial charge in [0.1, 0.15) is 5.15 Å². The number of anilines is 2. The Morgan fingerprint density at radius 2 is 1.97 bits per heavy atom. The zero-order chi connectivity index (χ0) is 23.4. The maximum atomic E-state index is 13.1. The maximum absolute atomic E-state index is 13.1. The SMILES string of the molecule is Cc1cc([C@@H](C)Nc2ccc(Cl)nc2C(=O)O)c2nc(N3CC(C)(O)C3)n(C)c(=O)c2c1. The minimum atomic E-state index is -1.20. The first-order chi connectivity index (χ1) is 15.0. The van der Waals surface area contributed by atoms with Crippen molar-refractivity contribution in [3.63, 3.8) is 0 Å². The summed E-state index contributed by atoms with van der Waals surface area (Å²) in [4.78, 5) is 35.3. The summed E-state index contributed by atoms with van der Waals surface area (Å²) in [6.45, 7) is 6.26. The van der Waals surface area contributed by atoms with Crippen molar-refractivity contribution >= 4 is 40.1 Å². The highest BCUT2D eigenvalue weighted by molar-refractivity contribution is 6.29. The standard InChI is InChI=1S/C22H24ClN5O4/c1-11-7-13(12(2)24-15-5-6-16(23)25-18(15)20(30)31)17-14(8-11)19(29)27(4)21(26-17)28-9-22(3,32)10-28/h5-8,12,24,32H,9-10H2,1-4H3,(H,30,31)/t12-/m1/s1. The predicted octanol–water partition coefficient (Wildman–Crippen LogP) is 2.73. The summed E-state index contributed by atoms with van der Waals surface area (Å²) in [6, 6.07) is 6.41. The van der Waals surface area contributed by atoms with Crippen molar-refractivity contribution in [1.29, 1.82) is 0 Å². The van der Waals surface area contributed by atoms with Gasteiger partial charge in [-0.25, -0.2) is 14.8 Å². The smallest absolute Gasteiger partial charge is 0.356 e. The molecule has 0 saturated carbocycles. The Balaban J connectivity index is 1.81. The van der Waals surface area contributed by atoms with Crippen LogP contribution in [0, 0.1) is 6.92 Å². The summed E-state index contributed by atoms with van der Waals surface area (Å²) in [5.41, 5.74) is 1.28. The van der Waals surface area contributed by atoms with E-state index in [4.69, 9.17) is 16.6 Å². The van der Waals surface area contributed by atoms with Gasteiger partial charge in [-0.2, -0.15) is 0 Å². The van der Waals surface area contributed by atoms with E-state index >= 15 is 0 Å². The lowest BCUT2D eigenvalue weighted by atomic mass is 9.97. The normalized spacial score (nSPS) is 16.0. The lowest BCUT2D eigenvalue weighted by Crippen LogP contribution is -2.61. The number of pyridine rings is 1. The molecule has 0 radical (unpaired) electrons. The Morgan fingerprint density at radius 3 is 2.59 bits per heavy atom. The Bertz CT molecular complexity index is 1300. The van der Waals surface area contributed by atoms with E-state index in [9.17, 15) is 19.8 Å². The number of aryl methyl sites for hydroxylation is 1. The number of β-amino-alcohol motifs (C(OH)–C–C–N with tert-alkyl or cyclic N) is 1. The number of carbonyl (C=O) groups is 1. The van der Waals surface area contributed by atoms with Crippen LogP contribution in [0.25, 0.3) is 10.9 Å². The highest BCUT2D eigenvalue weighted by Gasteiger charge is 2.38. The number of halogens is 1. The molecular weight excluding hydrogens is 434 g/mol. The number of aromatic nitrogens is 3. The number of aromatic carboxylic acids is 1. The minimum absolute atomic E-state index is 0.0850. The molecule has 1 aliphatic rings. The molecule has 168 valence electrons.